The Balaban J connectivity index is 1.73. The number of alkyl halides is 1. The zero-order valence-electron chi connectivity index (χ0n) is 13.9. The molecule has 2 rings (SSSR count). The molecule has 1 saturated carbocycles. The van der Waals surface area contributed by atoms with Crippen molar-refractivity contribution in [3.63, 3.8) is 0 Å². The second-order valence-corrected chi connectivity index (χ2v) is 7.97. The lowest BCUT2D eigenvalue weighted by atomic mass is 9.93. The molecule has 6 heteroatoms. The highest BCUT2D eigenvalue weighted by Crippen LogP contribution is 2.30. The molecule has 1 aliphatic heterocycles. The maximum absolute atomic E-state index is 12.1. The number of ether oxygens (including phenoxy) is 3. The van der Waals surface area contributed by atoms with Crippen LogP contribution in [-0.2, 0) is 14.2 Å². The minimum absolute atomic E-state index is 0.119. The van der Waals surface area contributed by atoms with E-state index in [1.165, 1.54) is 12.8 Å². The van der Waals surface area contributed by atoms with Crippen LogP contribution in [0.2, 0.25) is 0 Å². The van der Waals surface area contributed by atoms with E-state index < -0.39 is 5.60 Å². The van der Waals surface area contributed by atoms with Gasteiger partial charge in [-0.15, -0.1) is 0 Å². The Labute approximate surface area is 147 Å². The van der Waals surface area contributed by atoms with Gasteiger partial charge in [0.2, 0.25) is 0 Å². The number of halogens is 1. The molecule has 1 aliphatic carbocycles. The molecular weight excluding hydrogens is 397 g/mol. The summed E-state index contributed by atoms with van der Waals surface area (Å²) in [5.41, 5.74) is -0.558. The second-order valence-electron chi connectivity index (χ2n) is 7.20. The van der Waals surface area contributed by atoms with E-state index in [1.54, 1.807) is 4.90 Å². The normalized spacial score (nSPS) is 21.7. The fourth-order valence-corrected chi connectivity index (χ4v) is 3.43. The minimum atomic E-state index is -0.439. The first-order valence-electron chi connectivity index (χ1n) is 8.13. The smallest absolute Gasteiger partial charge is 0.410 e. The largest absolute Gasteiger partial charge is 0.444 e. The summed E-state index contributed by atoms with van der Waals surface area (Å²) in [7, 11) is 0. The third-order valence-corrected chi connectivity index (χ3v) is 5.33. The summed E-state index contributed by atoms with van der Waals surface area (Å²) in [4.78, 5) is 13.9. The van der Waals surface area contributed by atoms with Crippen LogP contribution in [0.1, 0.15) is 46.5 Å². The van der Waals surface area contributed by atoms with Crippen molar-refractivity contribution in [1.29, 1.82) is 0 Å². The van der Waals surface area contributed by atoms with Crippen LogP contribution < -0.4 is 0 Å². The summed E-state index contributed by atoms with van der Waals surface area (Å²) in [6, 6.07) is 0. The van der Waals surface area contributed by atoms with Crippen LogP contribution in [0.5, 0.6) is 0 Å². The van der Waals surface area contributed by atoms with E-state index in [4.69, 9.17) is 14.2 Å². The molecule has 2 fully saturated rings. The maximum Gasteiger partial charge on any atom is 0.410 e. The quantitative estimate of drug-likeness (QED) is 0.372. The number of carbonyl (C=O) groups excluding carboxylic acids is 1. The van der Waals surface area contributed by atoms with Gasteiger partial charge in [-0.2, -0.15) is 0 Å². The van der Waals surface area contributed by atoms with Crippen LogP contribution in [0, 0.1) is 0 Å². The van der Waals surface area contributed by atoms with Gasteiger partial charge in [0.25, 0.3) is 0 Å². The van der Waals surface area contributed by atoms with E-state index in [0.29, 0.717) is 32.4 Å². The zero-order valence-corrected chi connectivity index (χ0v) is 16.1. The van der Waals surface area contributed by atoms with Gasteiger partial charge in [-0.1, -0.05) is 22.6 Å². The number of piperidine rings is 1. The second kappa shape index (κ2) is 7.66. The fourth-order valence-electron chi connectivity index (χ4n) is 2.45. The van der Waals surface area contributed by atoms with Crippen molar-refractivity contribution in [2.75, 3.05) is 30.7 Å². The van der Waals surface area contributed by atoms with Gasteiger partial charge in [-0.25, -0.2) is 4.79 Å². The van der Waals surface area contributed by atoms with Crippen LogP contribution in [0.4, 0.5) is 4.79 Å². The lowest BCUT2D eigenvalue weighted by Crippen LogP contribution is -2.50. The fraction of sp³-hybridized carbons (Fsp3) is 0.938. The standard InChI is InChI=1S/C16H28INO4/c1-15(2,3)22-14(19)18-8-6-16(12-17,7-9-18)21-11-10-20-13-4-5-13/h13H,4-12H2,1-3H3. The molecule has 0 aromatic heterocycles. The molecule has 0 aromatic carbocycles. The van der Waals surface area contributed by atoms with E-state index in [1.807, 2.05) is 20.8 Å². The molecule has 0 atom stereocenters. The lowest BCUT2D eigenvalue weighted by Gasteiger charge is -2.40. The summed E-state index contributed by atoms with van der Waals surface area (Å²) in [6.45, 7) is 8.40. The van der Waals surface area contributed by atoms with E-state index in [0.717, 1.165) is 17.3 Å². The van der Waals surface area contributed by atoms with Crippen molar-refractivity contribution in [1.82, 2.24) is 4.90 Å². The number of amides is 1. The maximum atomic E-state index is 12.1. The van der Waals surface area contributed by atoms with Gasteiger partial charge >= 0.3 is 6.09 Å². The third-order valence-electron chi connectivity index (χ3n) is 3.94. The molecule has 0 spiro atoms. The summed E-state index contributed by atoms with van der Waals surface area (Å²) in [6.07, 6.45) is 4.38. The van der Waals surface area contributed by atoms with Crippen LogP contribution in [0.25, 0.3) is 0 Å². The SMILES string of the molecule is CC(C)(C)OC(=O)N1CCC(CI)(OCCOC2CC2)CC1. The Kier molecular flexibility index (Phi) is 6.36. The van der Waals surface area contributed by atoms with Crippen molar-refractivity contribution in [2.24, 2.45) is 0 Å². The number of carbonyl (C=O) groups is 1. The lowest BCUT2D eigenvalue weighted by molar-refractivity contribution is -0.0846. The van der Waals surface area contributed by atoms with Gasteiger partial charge < -0.3 is 19.1 Å². The van der Waals surface area contributed by atoms with Gasteiger partial charge in [0.15, 0.2) is 0 Å². The Hall–Kier alpha value is -0.0800. The Bertz CT molecular complexity index is 371. The van der Waals surface area contributed by atoms with Gasteiger partial charge in [-0.05, 0) is 46.5 Å². The van der Waals surface area contributed by atoms with Crippen molar-refractivity contribution < 1.29 is 19.0 Å². The molecule has 5 nitrogen and oxygen atoms in total. The number of hydrogen-bond donors (Lipinski definition) is 0. The van der Waals surface area contributed by atoms with Gasteiger partial charge in [-0.3, -0.25) is 0 Å². The molecular formula is C16H28INO4. The van der Waals surface area contributed by atoms with Gasteiger partial charge in [0.1, 0.15) is 5.60 Å². The first-order valence-corrected chi connectivity index (χ1v) is 9.66. The molecule has 1 amide bonds. The Morgan fingerprint density at radius 1 is 1.23 bits per heavy atom. The van der Waals surface area contributed by atoms with Crippen LogP contribution in [-0.4, -0.2) is 59.0 Å². The van der Waals surface area contributed by atoms with Crippen LogP contribution in [0.15, 0.2) is 0 Å². The van der Waals surface area contributed by atoms with Gasteiger partial charge in [0, 0.05) is 17.5 Å². The van der Waals surface area contributed by atoms with Gasteiger partial charge in [0.05, 0.1) is 24.9 Å². The summed E-state index contributed by atoms with van der Waals surface area (Å²) < 4.78 is 18.1. The Morgan fingerprint density at radius 2 is 1.86 bits per heavy atom. The highest BCUT2D eigenvalue weighted by molar-refractivity contribution is 14.1. The summed E-state index contributed by atoms with van der Waals surface area (Å²) >= 11 is 2.38. The average molecular weight is 425 g/mol. The number of likely N-dealkylation sites (tertiary alicyclic amines) is 1. The summed E-state index contributed by atoms with van der Waals surface area (Å²) in [5, 5.41) is 0. The molecule has 2 aliphatic rings. The van der Waals surface area contributed by atoms with Crippen LogP contribution >= 0.6 is 22.6 Å². The van der Waals surface area contributed by atoms with Crippen molar-refractivity contribution in [3.05, 3.63) is 0 Å². The molecule has 22 heavy (non-hydrogen) atoms. The molecule has 0 aromatic rings. The van der Waals surface area contributed by atoms with E-state index >= 15 is 0 Å². The first-order chi connectivity index (χ1) is 10.3. The van der Waals surface area contributed by atoms with E-state index in [9.17, 15) is 4.79 Å². The average Bonchev–Trinajstić information content (AvgIpc) is 3.26. The van der Waals surface area contributed by atoms with Crippen molar-refractivity contribution >= 4 is 28.7 Å². The molecule has 0 bridgehead atoms. The number of rotatable bonds is 6. The third kappa shape index (κ3) is 5.85. The number of nitrogens with zero attached hydrogens (tertiary/aromatic N) is 1. The zero-order chi connectivity index (χ0) is 16.2. The summed E-state index contributed by atoms with van der Waals surface area (Å²) in [5.74, 6) is 0. The van der Waals surface area contributed by atoms with E-state index in [2.05, 4.69) is 22.6 Å². The Morgan fingerprint density at radius 3 is 2.36 bits per heavy atom. The topological polar surface area (TPSA) is 48.0 Å². The minimum Gasteiger partial charge on any atom is -0.444 e. The van der Waals surface area contributed by atoms with Crippen LogP contribution in [0.3, 0.4) is 0 Å². The van der Waals surface area contributed by atoms with Crippen molar-refractivity contribution in [2.45, 2.75) is 63.8 Å². The molecule has 128 valence electrons. The molecule has 0 unspecified atom stereocenters. The molecule has 0 N–H and O–H groups in total. The predicted octanol–water partition coefficient (Wildman–Crippen LogP) is 3.39. The molecule has 1 saturated heterocycles. The number of hydrogen-bond acceptors (Lipinski definition) is 4. The monoisotopic (exact) mass is 425 g/mol. The highest BCUT2D eigenvalue weighted by atomic mass is 127. The predicted molar refractivity (Wildman–Crippen MR) is 93.6 cm³/mol. The first kappa shape index (κ1) is 18.3. The molecule has 0 radical (unpaired) electrons. The highest BCUT2D eigenvalue weighted by Gasteiger charge is 2.37. The molecule has 1 heterocycles. The van der Waals surface area contributed by atoms with Crippen molar-refractivity contribution in [3.8, 4) is 0 Å². The van der Waals surface area contributed by atoms with E-state index in [-0.39, 0.29) is 11.7 Å².